The van der Waals surface area contributed by atoms with Crippen molar-refractivity contribution in [3.63, 3.8) is 0 Å². The molecule has 9 heteroatoms. The van der Waals surface area contributed by atoms with E-state index in [1.807, 2.05) is 0 Å². The van der Waals surface area contributed by atoms with E-state index in [1.165, 1.54) is 27.8 Å². The van der Waals surface area contributed by atoms with Crippen LogP contribution >= 0.6 is 22.9 Å². The molecule has 0 bridgehead atoms. The monoisotopic (exact) mass is 385 g/mol. The number of rotatable bonds is 4. The van der Waals surface area contributed by atoms with Crippen molar-refractivity contribution in [2.24, 2.45) is 5.92 Å². The van der Waals surface area contributed by atoms with E-state index in [-0.39, 0.29) is 16.7 Å². The summed E-state index contributed by atoms with van der Waals surface area (Å²) in [5.74, 6) is -0.315. The average Bonchev–Trinajstić information content (AvgIpc) is 3.08. The highest BCUT2D eigenvalue weighted by Crippen LogP contribution is 2.26. The number of nitrogens with one attached hydrogen (secondary N) is 1. The first kappa shape index (κ1) is 17.3. The quantitative estimate of drug-likeness (QED) is 0.877. The average molecular weight is 386 g/mol. The van der Waals surface area contributed by atoms with E-state index in [1.54, 1.807) is 23.7 Å². The minimum absolute atomic E-state index is 0.107. The van der Waals surface area contributed by atoms with Gasteiger partial charge in [0.1, 0.15) is 0 Å². The van der Waals surface area contributed by atoms with E-state index >= 15 is 0 Å². The van der Waals surface area contributed by atoms with Crippen LogP contribution in [0.25, 0.3) is 0 Å². The number of halogens is 1. The van der Waals surface area contributed by atoms with Gasteiger partial charge < -0.3 is 5.32 Å². The van der Waals surface area contributed by atoms with Crippen LogP contribution in [0.3, 0.4) is 0 Å². The van der Waals surface area contributed by atoms with E-state index in [0.29, 0.717) is 36.1 Å². The molecule has 2 heterocycles. The third-order valence-corrected chi connectivity index (χ3v) is 6.74. The molecular weight excluding hydrogens is 370 g/mol. The lowest BCUT2D eigenvalue weighted by Crippen LogP contribution is -2.41. The fourth-order valence-corrected chi connectivity index (χ4v) is 4.93. The molecule has 1 aliphatic heterocycles. The number of sulfonamides is 1. The zero-order chi connectivity index (χ0) is 17.2. The van der Waals surface area contributed by atoms with E-state index in [2.05, 4.69) is 10.3 Å². The number of hydrogen-bond donors (Lipinski definition) is 1. The summed E-state index contributed by atoms with van der Waals surface area (Å²) in [6.45, 7) is 0.621. The molecule has 0 spiro atoms. The van der Waals surface area contributed by atoms with E-state index in [0.717, 1.165) is 0 Å². The van der Waals surface area contributed by atoms with Crippen LogP contribution in [0.5, 0.6) is 0 Å². The second-order valence-corrected chi connectivity index (χ2v) is 8.73. The lowest BCUT2D eigenvalue weighted by molar-refractivity contribution is -0.120. The Balaban J connectivity index is 1.63. The van der Waals surface area contributed by atoms with Crippen LogP contribution < -0.4 is 5.32 Å². The van der Waals surface area contributed by atoms with Crippen LogP contribution in [0.1, 0.15) is 12.8 Å². The van der Waals surface area contributed by atoms with Gasteiger partial charge in [-0.25, -0.2) is 13.4 Å². The van der Waals surface area contributed by atoms with Gasteiger partial charge in [-0.1, -0.05) is 17.7 Å². The summed E-state index contributed by atoms with van der Waals surface area (Å²) < 4.78 is 26.7. The topological polar surface area (TPSA) is 79.4 Å². The van der Waals surface area contributed by atoms with E-state index in [4.69, 9.17) is 11.6 Å². The van der Waals surface area contributed by atoms with Gasteiger partial charge in [0.2, 0.25) is 15.9 Å². The number of amides is 1. The number of benzene rings is 1. The highest BCUT2D eigenvalue weighted by Gasteiger charge is 2.32. The Morgan fingerprint density at radius 3 is 2.71 bits per heavy atom. The van der Waals surface area contributed by atoms with Crippen LogP contribution in [0.4, 0.5) is 5.13 Å². The number of aromatic nitrogens is 1. The van der Waals surface area contributed by atoms with Gasteiger partial charge in [-0.2, -0.15) is 4.31 Å². The van der Waals surface area contributed by atoms with Gasteiger partial charge in [-0.3, -0.25) is 4.79 Å². The highest BCUT2D eigenvalue weighted by molar-refractivity contribution is 7.89. The number of carbonyl (C=O) groups excluding carboxylic acids is 1. The van der Waals surface area contributed by atoms with Gasteiger partial charge in [0, 0.05) is 35.6 Å². The minimum atomic E-state index is -3.58. The van der Waals surface area contributed by atoms with Crippen LogP contribution in [-0.4, -0.2) is 36.7 Å². The molecule has 1 saturated heterocycles. The van der Waals surface area contributed by atoms with Gasteiger partial charge in [-0.05, 0) is 31.0 Å². The van der Waals surface area contributed by atoms with Crippen molar-refractivity contribution in [3.8, 4) is 0 Å². The fourth-order valence-electron chi connectivity index (χ4n) is 2.63. The van der Waals surface area contributed by atoms with Crippen LogP contribution in [0.15, 0.2) is 40.7 Å². The third kappa shape index (κ3) is 3.77. The first-order valence-electron chi connectivity index (χ1n) is 7.43. The normalized spacial score (nSPS) is 16.9. The minimum Gasteiger partial charge on any atom is -0.302 e. The molecule has 1 amide bonds. The van der Waals surface area contributed by atoms with Crippen molar-refractivity contribution in [1.82, 2.24) is 9.29 Å². The van der Waals surface area contributed by atoms with Gasteiger partial charge in [-0.15, -0.1) is 11.3 Å². The Morgan fingerprint density at radius 2 is 2.08 bits per heavy atom. The Kier molecular flexibility index (Phi) is 5.19. The highest BCUT2D eigenvalue weighted by atomic mass is 35.5. The second kappa shape index (κ2) is 7.18. The standard InChI is InChI=1S/C15H16ClN3O3S2/c16-12-2-1-3-13(10-12)24(21,22)19-7-4-11(5-8-19)14(20)18-15-17-6-9-23-15/h1-3,6,9-11H,4-5,7-8H2,(H,17,18,20). The molecule has 0 saturated carbocycles. The summed E-state index contributed by atoms with van der Waals surface area (Å²) in [7, 11) is -3.58. The summed E-state index contributed by atoms with van der Waals surface area (Å²) in [5.41, 5.74) is 0. The van der Waals surface area contributed by atoms with Crippen molar-refractivity contribution in [2.75, 3.05) is 18.4 Å². The third-order valence-electron chi connectivity index (χ3n) is 3.92. The van der Waals surface area contributed by atoms with E-state index < -0.39 is 10.0 Å². The van der Waals surface area contributed by atoms with Crippen LogP contribution in [-0.2, 0) is 14.8 Å². The molecule has 1 fully saturated rings. The lowest BCUT2D eigenvalue weighted by atomic mass is 9.97. The van der Waals surface area contributed by atoms with Crippen molar-refractivity contribution < 1.29 is 13.2 Å². The van der Waals surface area contributed by atoms with Crippen molar-refractivity contribution >= 4 is 44.0 Å². The Hall–Kier alpha value is -1.48. The summed E-state index contributed by atoms with van der Waals surface area (Å²) in [6.07, 6.45) is 2.59. The maximum absolute atomic E-state index is 12.6. The zero-order valence-corrected chi connectivity index (χ0v) is 15.1. The smallest absolute Gasteiger partial charge is 0.243 e. The Labute approximate surface area is 149 Å². The maximum Gasteiger partial charge on any atom is 0.243 e. The summed E-state index contributed by atoms with van der Waals surface area (Å²) in [6, 6.07) is 6.22. The van der Waals surface area contributed by atoms with Crippen molar-refractivity contribution in [1.29, 1.82) is 0 Å². The molecule has 1 aromatic heterocycles. The molecule has 24 heavy (non-hydrogen) atoms. The number of hydrogen-bond acceptors (Lipinski definition) is 5. The maximum atomic E-state index is 12.6. The molecule has 1 N–H and O–H groups in total. The number of carbonyl (C=O) groups is 1. The largest absolute Gasteiger partial charge is 0.302 e. The first-order valence-corrected chi connectivity index (χ1v) is 10.1. The van der Waals surface area contributed by atoms with Crippen molar-refractivity contribution in [2.45, 2.75) is 17.7 Å². The predicted molar refractivity (Wildman–Crippen MR) is 93.7 cm³/mol. The lowest BCUT2D eigenvalue weighted by Gasteiger charge is -2.30. The second-order valence-electron chi connectivity index (χ2n) is 5.46. The fraction of sp³-hybridized carbons (Fsp3) is 0.333. The zero-order valence-electron chi connectivity index (χ0n) is 12.7. The molecule has 128 valence electrons. The number of piperidine rings is 1. The Bertz CT molecular complexity index is 816. The molecule has 2 aromatic rings. The van der Waals surface area contributed by atoms with Crippen molar-refractivity contribution in [3.05, 3.63) is 40.9 Å². The predicted octanol–water partition coefficient (Wildman–Crippen LogP) is 2.84. The molecule has 6 nitrogen and oxygen atoms in total. The number of anilines is 1. The first-order chi connectivity index (χ1) is 11.5. The van der Waals surface area contributed by atoms with Gasteiger partial charge in [0.15, 0.2) is 5.13 Å². The molecule has 0 aliphatic carbocycles. The van der Waals surface area contributed by atoms with E-state index in [9.17, 15) is 13.2 Å². The van der Waals surface area contributed by atoms with Crippen LogP contribution in [0, 0.1) is 5.92 Å². The SMILES string of the molecule is O=C(Nc1nccs1)C1CCN(S(=O)(=O)c2cccc(Cl)c2)CC1. The molecule has 1 aliphatic rings. The van der Waals surface area contributed by atoms with Crippen LogP contribution in [0.2, 0.25) is 5.02 Å². The molecule has 3 rings (SSSR count). The molecule has 0 atom stereocenters. The number of nitrogens with zero attached hydrogens (tertiary/aromatic N) is 2. The van der Waals surface area contributed by atoms with Gasteiger partial charge in [0.05, 0.1) is 4.90 Å². The van der Waals surface area contributed by atoms with Gasteiger partial charge in [0.25, 0.3) is 0 Å². The van der Waals surface area contributed by atoms with Gasteiger partial charge >= 0.3 is 0 Å². The molecule has 0 unspecified atom stereocenters. The summed E-state index contributed by atoms with van der Waals surface area (Å²) >= 11 is 7.24. The molecule has 1 aromatic carbocycles. The summed E-state index contributed by atoms with van der Waals surface area (Å²) in [4.78, 5) is 16.4. The molecular formula is C15H16ClN3O3S2. The Morgan fingerprint density at radius 1 is 1.33 bits per heavy atom. The summed E-state index contributed by atoms with van der Waals surface area (Å²) in [5, 5.41) is 5.50. The number of thiazole rings is 1. The molecule has 0 radical (unpaired) electrons.